The van der Waals surface area contributed by atoms with E-state index in [0.29, 0.717) is 22.0 Å². The monoisotopic (exact) mass is 464 g/mol. The molecule has 7 nitrogen and oxygen atoms in total. The first-order valence-electron chi connectivity index (χ1n) is 10.5. The Kier molecular flexibility index (Phi) is 5.95. The molecule has 1 N–H and O–H groups in total. The molecule has 170 valence electrons. The molecule has 0 radical (unpaired) electrons. The summed E-state index contributed by atoms with van der Waals surface area (Å²) in [6.45, 7) is 5.25. The number of thiophene rings is 1. The first-order chi connectivity index (χ1) is 15.8. The summed E-state index contributed by atoms with van der Waals surface area (Å²) in [6.07, 6.45) is 0. The molecule has 0 spiro atoms. The number of fused-ring (bicyclic) bond motifs is 1. The maximum atomic E-state index is 13.4. The number of ether oxygens (including phenoxy) is 2. The molecule has 4 rings (SSSR count). The molecule has 1 aromatic heterocycles. The van der Waals surface area contributed by atoms with Crippen LogP contribution in [-0.4, -0.2) is 37.0 Å². The molecule has 2 aromatic carbocycles. The normalized spacial score (nSPS) is 17.2. The molecular weight excluding hydrogens is 440 g/mol. The number of nitrogens with one attached hydrogen (secondary N) is 1. The number of esters is 1. The fourth-order valence-corrected chi connectivity index (χ4v) is 4.67. The third kappa shape index (κ3) is 3.98. The van der Waals surface area contributed by atoms with Crippen molar-refractivity contribution in [2.45, 2.75) is 26.4 Å². The first kappa shape index (κ1) is 22.5. The van der Waals surface area contributed by atoms with Gasteiger partial charge in [-0.15, -0.1) is 11.3 Å². The third-order valence-electron chi connectivity index (χ3n) is 5.52. The Hall–Kier alpha value is -3.65. The number of hydrogen-bond donors (Lipinski definition) is 1. The van der Waals surface area contributed by atoms with Crippen molar-refractivity contribution in [1.82, 2.24) is 0 Å². The van der Waals surface area contributed by atoms with Crippen LogP contribution in [0.2, 0.25) is 0 Å². The summed E-state index contributed by atoms with van der Waals surface area (Å²) in [7, 11) is 1.61. The van der Waals surface area contributed by atoms with Crippen LogP contribution in [0.1, 0.15) is 29.8 Å². The number of anilines is 2. The number of benzene rings is 2. The van der Waals surface area contributed by atoms with Crippen LogP contribution in [0.25, 0.3) is 11.1 Å². The quantitative estimate of drug-likeness (QED) is 0.439. The van der Waals surface area contributed by atoms with Gasteiger partial charge in [0.15, 0.2) is 0 Å². The summed E-state index contributed by atoms with van der Waals surface area (Å²) in [5.74, 6) is -1.29. The first-order valence-corrected chi connectivity index (χ1v) is 11.4. The number of rotatable bonds is 5. The van der Waals surface area contributed by atoms with Crippen molar-refractivity contribution in [3.63, 3.8) is 0 Å². The second-order valence-corrected chi connectivity index (χ2v) is 8.74. The van der Waals surface area contributed by atoms with Crippen LogP contribution in [0.3, 0.4) is 0 Å². The Balaban J connectivity index is 1.70. The second-order valence-electron chi connectivity index (χ2n) is 7.86. The summed E-state index contributed by atoms with van der Waals surface area (Å²) < 4.78 is 11.2. The Morgan fingerprint density at radius 3 is 2.61 bits per heavy atom. The molecule has 0 saturated carbocycles. The molecule has 0 saturated heterocycles. The van der Waals surface area contributed by atoms with Crippen LogP contribution in [0, 0.1) is 6.92 Å². The largest absolute Gasteiger partial charge is 0.465 e. The van der Waals surface area contributed by atoms with Crippen LogP contribution in [0.4, 0.5) is 10.7 Å². The van der Waals surface area contributed by atoms with E-state index in [9.17, 15) is 14.4 Å². The van der Waals surface area contributed by atoms with Gasteiger partial charge in [-0.05, 0) is 44.0 Å². The van der Waals surface area contributed by atoms with Crippen molar-refractivity contribution in [1.29, 1.82) is 0 Å². The highest BCUT2D eigenvalue weighted by Crippen LogP contribution is 2.40. The highest BCUT2D eigenvalue weighted by Gasteiger charge is 2.50. The van der Waals surface area contributed by atoms with Gasteiger partial charge in [-0.2, -0.15) is 0 Å². The van der Waals surface area contributed by atoms with Crippen molar-refractivity contribution in [2.24, 2.45) is 0 Å². The minimum Gasteiger partial charge on any atom is -0.465 e. The summed E-state index contributed by atoms with van der Waals surface area (Å²) >= 11 is 1.19. The van der Waals surface area contributed by atoms with Crippen molar-refractivity contribution in [3.8, 4) is 16.9 Å². The van der Waals surface area contributed by atoms with Crippen LogP contribution < -0.4 is 15.0 Å². The summed E-state index contributed by atoms with van der Waals surface area (Å²) in [5.41, 5.74) is 1.47. The Morgan fingerprint density at radius 2 is 1.91 bits per heavy atom. The Morgan fingerprint density at radius 1 is 1.18 bits per heavy atom. The van der Waals surface area contributed by atoms with Gasteiger partial charge in [0.25, 0.3) is 17.4 Å². The lowest BCUT2D eigenvalue weighted by Gasteiger charge is -2.38. The average molecular weight is 465 g/mol. The van der Waals surface area contributed by atoms with Gasteiger partial charge in [-0.25, -0.2) is 4.79 Å². The smallest absolute Gasteiger partial charge is 0.341 e. The minimum absolute atomic E-state index is 0.191. The van der Waals surface area contributed by atoms with E-state index in [4.69, 9.17) is 9.47 Å². The maximum Gasteiger partial charge on any atom is 0.341 e. The number of likely N-dealkylation sites (N-methyl/N-ethyl adjacent to an activating group) is 1. The molecule has 2 heterocycles. The summed E-state index contributed by atoms with van der Waals surface area (Å²) in [5, 5.41) is 4.83. The zero-order valence-electron chi connectivity index (χ0n) is 18.8. The van der Waals surface area contributed by atoms with Crippen molar-refractivity contribution in [2.75, 3.05) is 23.9 Å². The van der Waals surface area contributed by atoms with Gasteiger partial charge in [-0.3, -0.25) is 9.59 Å². The zero-order valence-corrected chi connectivity index (χ0v) is 19.6. The standard InChI is InChI=1S/C25H24N2O5S/c1-5-31-22(28)20-17(16-9-7-6-8-10-16)14-33-21(20)26-23(29)25(3)24(30)27(4)18-13-15(2)11-12-19(18)32-25/h6-14H,5H2,1-4H3,(H,26,29). The molecule has 0 fully saturated rings. The Bertz CT molecular complexity index is 1240. The van der Waals surface area contributed by atoms with E-state index in [1.165, 1.54) is 23.2 Å². The molecule has 2 amide bonds. The number of amides is 2. The van der Waals surface area contributed by atoms with Crippen LogP contribution in [0.5, 0.6) is 5.75 Å². The fraction of sp³-hybridized carbons (Fsp3) is 0.240. The van der Waals surface area contributed by atoms with Crippen molar-refractivity contribution < 1.29 is 23.9 Å². The highest BCUT2D eigenvalue weighted by atomic mass is 32.1. The number of carbonyl (C=O) groups excluding carboxylic acids is 3. The molecule has 3 aromatic rings. The summed E-state index contributed by atoms with van der Waals surface area (Å²) in [6, 6.07) is 14.8. The lowest BCUT2D eigenvalue weighted by molar-refractivity contribution is -0.144. The van der Waals surface area contributed by atoms with E-state index < -0.39 is 23.4 Å². The van der Waals surface area contributed by atoms with Crippen LogP contribution in [0.15, 0.2) is 53.9 Å². The van der Waals surface area contributed by atoms with E-state index in [1.54, 1.807) is 25.4 Å². The van der Waals surface area contributed by atoms with Gasteiger partial charge < -0.3 is 19.7 Å². The van der Waals surface area contributed by atoms with Crippen LogP contribution >= 0.6 is 11.3 Å². The van der Waals surface area contributed by atoms with Crippen molar-refractivity contribution >= 4 is 39.8 Å². The minimum atomic E-state index is -1.81. The SMILES string of the molecule is CCOC(=O)c1c(-c2ccccc2)csc1NC(=O)C1(C)Oc2ccc(C)cc2N(C)C1=O. The van der Waals surface area contributed by atoms with E-state index >= 15 is 0 Å². The fourth-order valence-electron chi connectivity index (χ4n) is 3.72. The molecular formula is C25H24N2O5S. The topological polar surface area (TPSA) is 84.9 Å². The number of hydrogen-bond acceptors (Lipinski definition) is 6. The predicted molar refractivity (Wildman–Crippen MR) is 128 cm³/mol. The number of nitrogens with zero attached hydrogens (tertiary/aromatic N) is 1. The molecule has 1 aliphatic rings. The van der Waals surface area contributed by atoms with Gasteiger partial charge in [0.1, 0.15) is 16.3 Å². The molecule has 0 bridgehead atoms. The Labute approximate surface area is 195 Å². The number of aryl methyl sites for hydroxylation is 1. The average Bonchev–Trinajstić information content (AvgIpc) is 3.22. The predicted octanol–water partition coefficient (Wildman–Crippen LogP) is 4.65. The lowest BCUT2D eigenvalue weighted by Crippen LogP contribution is -2.59. The molecule has 1 aliphatic heterocycles. The van der Waals surface area contributed by atoms with E-state index in [2.05, 4.69) is 5.32 Å². The molecule has 33 heavy (non-hydrogen) atoms. The maximum absolute atomic E-state index is 13.4. The third-order valence-corrected chi connectivity index (χ3v) is 6.41. The molecule has 1 unspecified atom stereocenters. The second kappa shape index (κ2) is 8.71. The van der Waals surface area contributed by atoms with Gasteiger partial charge in [-0.1, -0.05) is 36.4 Å². The number of carbonyl (C=O) groups is 3. The van der Waals surface area contributed by atoms with Gasteiger partial charge in [0, 0.05) is 18.0 Å². The van der Waals surface area contributed by atoms with Gasteiger partial charge >= 0.3 is 5.97 Å². The summed E-state index contributed by atoms with van der Waals surface area (Å²) in [4.78, 5) is 40.7. The molecule has 0 aliphatic carbocycles. The van der Waals surface area contributed by atoms with Crippen molar-refractivity contribution in [3.05, 3.63) is 65.0 Å². The van der Waals surface area contributed by atoms with E-state index in [-0.39, 0.29) is 12.2 Å². The van der Waals surface area contributed by atoms with Crippen LogP contribution in [-0.2, 0) is 14.3 Å². The van der Waals surface area contributed by atoms with Gasteiger partial charge in [0.2, 0.25) is 0 Å². The molecule has 8 heteroatoms. The van der Waals surface area contributed by atoms with Gasteiger partial charge in [0.05, 0.1) is 12.3 Å². The molecule has 1 atom stereocenters. The highest BCUT2D eigenvalue weighted by molar-refractivity contribution is 7.15. The van der Waals surface area contributed by atoms with E-state index in [0.717, 1.165) is 11.1 Å². The lowest BCUT2D eigenvalue weighted by atomic mass is 9.99. The zero-order chi connectivity index (χ0) is 23.8. The van der Waals surface area contributed by atoms with E-state index in [1.807, 2.05) is 49.4 Å².